The van der Waals surface area contributed by atoms with Crippen molar-refractivity contribution in [1.29, 1.82) is 5.41 Å². The summed E-state index contributed by atoms with van der Waals surface area (Å²) in [6, 6.07) is 0.615. The van der Waals surface area contributed by atoms with Crippen molar-refractivity contribution in [2.45, 2.75) is 37.8 Å². The Morgan fingerprint density at radius 2 is 1.93 bits per heavy atom. The van der Waals surface area contributed by atoms with E-state index in [2.05, 4.69) is 25.1 Å². The van der Waals surface area contributed by atoms with Crippen LogP contribution < -0.4 is 15.8 Å². The third-order valence-corrected chi connectivity index (χ3v) is 5.74. The molecule has 1 aromatic heterocycles. The zero-order valence-corrected chi connectivity index (χ0v) is 16.9. The molecule has 1 saturated carbocycles. The number of hydrogen-bond donors (Lipinski definition) is 3. The van der Waals surface area contributed by atoms with Gasteiger partial charge in [-0.25, -0.2) is 0 Å². The van der Waals surface area contributed by atoms with Crippen LogP contribution in [0.1, 0.15) is 31.2 Å². The monoisotopic (exact) mass is 392 g/mol. The minimum absolute atomic E-state index is 0.259. The fourth-order valence-electron chi connectivity index (χ4n) is 4.12. The quantitative estimate of drug-likeness (QED) is 0.446. The molecule has 0 bridgehead atoms. The highest BCUT2D eigenvalue weighted by molar-refractivity contribution is 5.83. The number of rotatable bonds is 8. The van der Waals surface area contributed by atoms with E-state index in [4.69, 9.17) is 14.9 Å². The molecule has 0 aromatic carbocycles. The SMILES string of the molecule is CNc1nc(N2CCN(C3CCC(OCCOC)CC3)CC2)[nH]c(=O)c1C=N. The lowest BCUT2D eigenvalue weighted by atomic mass is 9.91. The second-order valence-corrected chi connectivity index (χ2v) is 7.36. The number of hydrogen-bond acceptors (Lipinski definition) is 8. The molecule has 9 heteroatoms. The van der Waals surface area contributed by atoms with Crippen molar-refractivity contribution in [2.24, 2.45) is 0 Å². The summed E-state index contributed by atoms with van der Waals surface area (Å²) in [5.74, 6) is 1.03. The minimum atomic E-state index is -0.279. The topological polar surface area (TPSA) is 107 Å². The summed E-state index contributed by atoms with van der Waals surface area (Å²) in [5.41, 5.74) is -0.0204. The van der Waals surface area contributed by atoms with Crippen LogP contribution in [0.3, 0.4) is 0 Å². The molecule has 1 saturated heterocycles. The number of methoxy groups -OCH3 is 1. The van der Waals surface area contributed by atoms with Crippen LogP contribution in [0.5, 0.6) is 0 Å². The molecule has 0 amide bonds. The predicted octanol–water partition coefficient (Wildman–Crippen LogP) is 0.905. The first kappa shape index (κ1) is 20.8. The number of aromatic amines is 1. The van der Waals surface area contributed by atoms with E-state index < -0.39 is 0 Å². The molecule has 0 atom stereocenters. The third-order valence-electron chi connectivity index (χ3n) is 5.74. The second kappa shape index (κ2) is 9.99. The summed E-state index contributed by atoms with van der Waals surface area (Å²) in [7, 11) is 3.42. The zero-order chi connectivity index (χ0) is 19.9. The van der Waals surface area contributed by atoms with Crippen molar-refractivity contribution in [3.05, 3.63) is 15.9 Å². The van der Waals surface area contributed by atoms with Gasteiger partial charge in [0, 0.05) is 52.6 Å². The summed E-state index contributed by atoms with van der Waals surface area (Å²) < 4.78 is 10.9. The Labute approximate surface area is 165 Å². The van der Waals surface area contributed by atoms with Crippen molar-refractivity contribution in [3.8, 4) is 0 Å². The Kier molecular flexibility index (Phi) is 7.41. The number of piperazine rings is 1. The van der Waals surface area contributed by atoms with Crippen molar-refractivity contribution in [2.75, 3.05) is 63.8 Å². The highest BCUT2D eigenvalue weighted by Crippen LogP contribution is 2.26. The summed E-state index contributed by atoms with van der Waals surface area (Å²) >= 11 is 0. The molecule has 1 aromatic rings. The van der Waals surface area contributed by atoms with Crippen LogP contribution in [0.4, 0.5) is 11.8 Å². The summed E-state index contributed by atoms with van der Waals surface area (Å²) in [4.78, 5) is 24.2. The van der Waals surface area contributed by atoms with Crippen molar-refractivity contribution in [1.82, 2.24) is 14.9 Å². The number of nitrogens with one attached hydrogen (secondary N) is 3. The standard InChI is InChI=1S/C19H32N6O3/c1-21-17-16(13-20)18(26)23-19(22-17)25-9-7-24(8-10-25)14-3-5-15(6-4-14)28-12-11-27-2/h13-15,20H,3-12H2,1-2H3,(H2,21,22,23,26). The Bertz CT molecular complexity index is 693. The molecule has 0 unspecified atom stereocenters. The predicted molar refractivity (Wildman–Crippen MR) is 110 cm³/mol. The minimum Gasteiger partial charge on any atom is -0.382 e. The molecule has 2 fully saturated rings. The smallest absolute Gasteiger partial charge is 0.263 e. The first-order chi connectivity index (χ1) is 13.7. The van der Waals surface area contributed by atoms with Gasteiger partial charge in [0.25, 0.3) is 5.56 Å². The average Bonchev–Trinajstić information content (AvgIpc) is 2.74. The van der Waals surface area contributed by atoms with Crippen molar-refractivity contribution in [3.63, 3.8) is 0 Å². The van der Waals surface area contributed by atoms with Gasteiger partial charge in [0.05, 0.1) is 24.9 Å². The van der Waals surface area contributed by atoms with Crippen LogP contribution in [0.2, 0.25) is 0 Å². The van der Waals surface area contributed by atoms with Crippen LogP contribution in [-0.4, -0.2) is 86.8 Å². The van der Waals surface area contributed by atoms with Crippen molar-refractivity contribution >= 4 is 18.0 Å². The van der Waals surface area contributed by atoms with Gasteiger partial charge in [-0.05, 0) is 25.7 Å². The molecule has 3 N–H and O–H groups in total. The van der Waals surface area contributed by atoms with E-state index in [1.165, 1.54) is 12.8 Å². The molecule has 2 heterocycles. The molecule has 2 aliphatic rings. The zero-order valence-electron chi connectivity index (χ0n) is 16.9. The van der Waals surface area contributed by atoms with Gasteiger partial charge in [0.1, 0.15) is 5.82 Å². The van der Waals surface area contributed by atoms with Gasteiger partial charge in [0.2, 0.25) is 5.95 Å². The molecule has 1 aliphatic carbocycles. The van der Waals surface area contributed by atoms with Gasteiger partial charge < -0.3 is 25.1 Å². The number of anilines is 2. The molecule has 1 aliphatic heterocycles. The van der Waals surface area contributed by atoms with Gasteiger partial charge in [-0.2, -0.15) is 4.98 Å². The maximum atomic E-state index is 12.2. The van der Waals surface area contributed by atoms with E-state index in [-0.39, 0.29) is 11.1 Å². The average molecular weight is 393 g/mol. The number of ether oxygens (including phenoxy) is 2. The van der Waals surface area contributed by atoms with E-state index in [0.717, 1.165) is 45.2 Å². The van der Waals surface area contributed by atoms with Crippen LogP contribution in [0.25, 0.3) is 0 Å². The Morgan fingerprint density at radius 1 is 1.21 bits per heavy atom. The highest BCUT2D eigenvalue weighted by atomic mass is 16.5. The number of nitrogens with zero attached hydrogens (tertiary/aromatic N) is 3. The first-order valence-corrected chi connectivity index (χ1v) is 10.1. The highest BCUT2D eigenvalue weighted by Gasteiger charge is 2.29. The third kappa shape index (κ3) is 4.89. The second-order valence-electron chi connectivity index (χ2n) is 7.36. The van der Waals surface area contributed by atoms with Crippen LogP contribution >= 0.6 is 0 Å². The van der Waals surface area contributed by atoms with Gasteiger partial charge >= 0.3 is 0 Å². The first-order valence-electron chi connectivity index (χ1n) is 10.1. The van der Waals surface area contributed by atoms with E-state index >= 15 is 0 Å². The molecule has 156 valence electrons. The Hall–Kier alpha value is -1.97. The largest absolute Gasteiger partial charge is 0.382 e. The van der Waals surface area contributed by atoms with E-state index in [1.54, 1.807) is 14.2 Å². The molecular weight excluding hydrogens is 360 g/mol. The van der Waals surface area contributed by atoms with Crippen LogP contribution in [0, 0.1) is 5.41 Å². The fourth-order valence-corrected chi connectivity index (χ4v) is 4.12. The lowest BCUT2D eigenvalue weighted by molar-refractivity contribution is -0.0148. The number of H-pyrrole nitrogens is 1. The van der Waals surface area contributed by atoms with Crippen LogP contribution in [-0.2, 0) is 9.47 Å². The van der Waals surface area contributed by atoms with Gasteiger partial charge in [-0.15, -0.1) is 0 Å². The van der Waals surface area contributed by atoms with Gasteiger partial charge in [-0.1, -0.05) is 0 Å². The normalized spacial score (nSPS) is 23.6. The van der Waals surface area contributed by atoms with E-state index in [9.17, 15) is 4.79 Å². The fraction of sp³-hybridized carbons (Fsp3) is 0.737. The van der Waals surface area contributed by atoms with Gasteiger partial charge in [-0.3, -0.25) is 14.7 Å². The molecule has 3 rings (SSSR count). The maximum Gasteiger partial charge on any atom is 0.263 e. The van der Waals surface area contributed by atoms with Gasteiger partial charge in [0.15, 0.2) is 0 Å². The lowest BCUT2D eigenvalue weighted by Crippen LogP contribution is -2.52. The molecular formula is C19H32N6O3. The lowest BCUT2D eigenvalue weighted by Gasteiger charge is -2.42. The van der Waals surface area contributed by atoms with Crippen molar-refractivity contribution < 1.29 is 9.47 Å². The van der Waals surface area contributed by atoms with E-state index in [1.807, 2.05) is 0 Å². The molecule has 9 nitrogen and oxygen atoms in total. The number of aromatic nitrogens is 2. The summed E-state index contributed by atoms with van der Waals surface area (Å²) in [6.07, 6.45) is 5.97. The molecule has 28 heavy (non-hydrogen) atoms. The molecule has 0 radical (unpaired) electrons. The molecule has 0 spiro atoms. The Morgan fingerprint density at radius 3 is 2.54 bits per heavy atom. The summed E-state index contributed by atoms with van der Waals surface area (Å²) in [5, 5.41) is 10.3. The van der Waals surface area contributed by atoms with Crippen LogP contribution in [0.15, 0.2) is 4.79 Å². The van der Waals surface area contributed by atoms with E-state index in [0.29, 0.717) is 37.1 Å². The maximum absolute atomic E-state index is 12.2. The Balaban J connectivity index is 1.51. The summed E-state index contributed by atoms with van der Waals surface area (Å²) in [6.45, 7) is 4.94.